The summed E-state index contributed by atoms with van der Waals surface area (Å²) in [6.07, 6.45) is 4.51. The van der Waals surface area contributed by atoms with E-state index in [-0.39, 0.29) is 17.6 Å². The van der Waals surface area contributed by atoms with E-state index in [1.165, 1.54) is 6.42 Å². The minimum absolute atomic E-state index is 0.0835. The number of piperazine rings is 6. The normalized spacial score (nSPS) is 33.5. The van der Waals surface area contributed by atoms with Crippen LogP contribution in [0.3, 0.4) is 0 Å². The number of rotatable bonds is 16. The lowest BCUT2D eigenvalue weighted by Crippen LogP contribution is -2.61. The summed E-state index contributed by atoms with van der Waals surface area (Å²) in [4.78, 5) is 15.1. The molecule has 0 aromatic rings. The van der Waals surface area contributed by atoms with Gasteiger partial charge in [-0.3, -0.25) is 29.4 Å². The van der Waals surface area contributed by atoms with Gasteiger partial charge in [0.2, 0.25) is 0 Å². The van der Waals surface area contributed by atoms with E-state index < -0.39 is 0 Å². The van der Waals surface area contributed by atoms with Crippen LogP contribution in [0.5, 0.6) is 0 Å². The topological polar surface area (TPSA) is 248 Å². The average Bonchev–Trinajstić information content (AvgIpc) is 3.34. The quantitative estimate of drug-likeness (QED) is 0.106. The largest absolute Gasteiger partial charge is 0.328 e. The Kier molecular flexibility index (Phi) is 38.4. The Hall–Kier alpha value is -0.720. The van der Waals surface area contributed by atoms with Gasteiger partial charge in [0.15, 0.2) is 0 Å². The van der Waals surface area contributed by atoms with Crippen LogP contribution in [0.15, 0.2) is 0 Å². The molecular formula is C60H138N18. The van der Waals surface area contributed by atoms with Crippen LogP contribution in [0.2, 0.25) is 0 Å². The van der Waals surface area contributed by atoms with Crippen LogP contribution in [-0.4, -0.2) is 255 Å². The van der Waals surface area contributed by atoms with Gasteiger partial charge in [0.25, 0.3) is 0 Å². The number of nitrogens with one attached hydrogen (secondary N) is 6. The lowest BCUT2D eigenvalue weighted by atomic mass is 10.0. The molecular weight excluding hydrogens is 973 g/mol. The summed E-state index contributed by atoms with van der Waals surface area (Å²) in [5.41, 5.74) is 35.5. The van der Waals surface area contributed by atoms with Crippen LogP contribution >= 0.6 is 0 Å². The van der Waals surface area contributed by atoms with Gasteiger partial charge in [-0.25, -0.2) is 0 Å². The standard InChI is InChI=1S/C11H25N3.4C10H23N3.C9H21N3/c1-4-5-11(12)8-14-9(2)6-13-7-10(14)3;1-8-5-12-6-9(2)13(8)7-10(3,4)11;1-7-5-12-6-8(2)13(7)10(4)9(3)11;1-8(11)4-5-13-9(2)6-12-7-10(13)3;1-4-10(11)7-13-8(2)5-12-6-9(13)3;1-7(10)6-12-8(2)4-11-5-9(12)3/h9-11,13H,4-8,12H2,1-3H3;8-9,12H,5-7,11H2,1-4H3;7-10,12H,5-6,11H2,1-4H3;2*8-10,12H,4-7,11H2,1-3H3;7-9,11H,4-6,10H2,1-3H3. The molecule has 0 radical (unpaired) electrons. The van der Waals surface area contributed by atoms with Gasteiger partial charge in [-0.15, -0.1) is 0 Å². The SMILES string of the molecule is CC(N)C(C)N1C(C)CNCC1C.CC(N)CCN1C(C)CNCC1C.CC(N)CN1C(C)CNCC1C.CC1CNCC(C)N1CC(C)(C)N.CCC(N)CN1C(C)CNCC1C.CCCC(N)CN1C(C)CNCC1C. The van der Waals surface area contributed by atoms with E-state index in [0.29, 0.717) is 96.7 Å². The Labute approximate surface area is 483 Å². The minimum atomic E-state index is -0.0835. The smallest absolute Gasteiger partial charge is 0.0226 e. The van der Waals surface area contributed by atoms with Crippen LogP contribution in [0.1, 0.15) is 164 Å². The fourth-order valence-corrected chi connectivity index (χ4v) is 12.2. The first-order valence-electron chi connectivity index (χ1n) is 31.8. The van der Waals surface area contributed by atoms with Gasteiger partial charge in [-0.2, -0.15) is 0 Å². The molecule has 18 nitrogen and oxygen atoms in total. The lowest BCUT2D eigenvalue weighted by molar-refractivity contribution is 0.0649. The Morgan fingerprint density at radius 3 is 0.974 bits per heavy atom. The molecule has 0 saturated carbocycles. The van der Waals surface area contributed by atoms with Gasteiger partial charge in [0, 0.05) is 226 Å². The van der Waals surface area contributed by atoms with Crippen molar-refractivity contribution in [1.82, 2.24) is 61.3 Å². The zero-order valence-corrected chi connectivity index (χ0v) is 54.9. The first-order valence-corrected chi connectivity index (χ1v) is 31.8. The minimum Gasteiger partial charge on any atom is -0.328 e. The third-order valence-electron chi connectivity index (χ3n) is 17.2. The number of nitrogens with two attached hydrogens (primary N) is 6. The molecule has 18 unspecified atom stereocenters. The van der Waals surface area contributed by atoms with Crippen LogP contribution in [-0.2, 0) is 0 Å². The number of nitrogens with zero attached hydrogens (tertiary/aromatic N) is 6. The summed E-state index contributed by atoms with van der Waals surface area (Å²) in [6.45, 7) is 62.6. The second kappa shape index (κ2) is 39.8. The molecule has 0 spiro atoms. The predicted molar refractivity (Wildman–Crippen MR) is 341 cm³/mol. The molecule has 6 aliphatic rings. The highest BCUT2D eigenvalue weighted by molar-refractivity contribution is 4.91. The number of hydrogen-bond donors (Lipinski definition) is 12. The zero-order chi connectivity index (χ0) is 59.4. The molecule has 78 heavy (non-hydrogen) atoms. The molecule has 0 amide bonds. The Bertz CT molecular complexity index is 1400. The van der Waals surface area contributed by atoms with Gasteiger partial charge >= 0.3 is 0 Å². The molecule has 0 bridgehead atoms. The summed E-state index contributed by atoms with van der Waals surface area (Å²) < 4.78 is 0. The molecule has 6 heterocycles. The monoisotopic (exact) mass is 1110 g/mol. The van der Waals surface area contributed by atoms with Crippen LogP contribution in [0.4, 0.5) is 0 Å². The molecule has 6 fully saturated rings. The van der Waals surface area contributed by atoms with E-state index in [4.69, 9.17) is 34.4 Å². The summed E-state index contributed by atoms with van der Waals surface area (Å²) in [5.74, 6) is 0. The summed E-state index contributed by atoms with van der Waals surface area (Å²) in [5, 5.41) is 20.5. The first-order chi connectivity index (χ1) is 36.4. The fraction of sp³-hybridized carbons (Fsp3) is 1.00. The van der Waals surface area contributed by atoms with Crippen molar-refractivity contribution in [1.29, 1.82) is 0 Å². The van der Waals surface area contributed by atoms with Crippen molar-refractivity contribution in [3.8, 4) is 0 Å². The van der Waals surface area contributed by atoms with Crippen LogP contribution < -0.4 is 66.3 Å². The van der Waals surface area contributed by atoms with E-state index in [1.807, 2.05) is 0 Å². The van der Waals surface area contributed by atoms with Gasteiger partial charge in [-0.1, -0.05) is 20.3 Å². The first kappa shape index (κ1) is 75.3. The highest BCUT2D eigenvalue weighted by Crippen LogP contribution is 2.17. The van der Waals surface area contributed by atoms with Crippen molar-refractivity contribution in [3.05, 3.63) is 0 Å². The maximum absolute atomic E-state index is 6.08. The second-order valence-electron chi connectivity index (χ2n) is 26.6. The molecule has 6 rings (SSSR count). The lowest BCUT2D eigenvalue weighted by Gasteiger charge is -2.44. The van der Waals surface area contributed by atoms with Gasteiger partial charge in [-0.05, 0) is 144 Å². The third kappa shape index (κ3) is 29.7. The van der Waals surface area contributed by atoms with E-state index in [9.17, 15) is 0 Å². The summed E-state index contributed by atoms with van der Waals surface area (Å²) >= 11 is 0. The van der Waals surface area contributed by atoms with Crippen molar-refractivity contribution in [2.24, 2.45) is 34.4 Å². The third-order valence-corrected chi connectivity index (χ3v) is 17.2. The molecule has 0 aliphatic carbocycles. The van der Waals surface area contributed by atoms with Crippen molar-refractivity contribution < 1.29 is 0 Å². The number of hydrogen-bond acceptors (Lipinski definition) is 18. The van der Waals surface area contributed by atoms with Crippen LogP contribution in [0, 0.1) is 0 Å². The predicted octanol–water partition coefficient (Wildman–Crippen LogP) is 2.43. The highest BCUT2D eigenvalue weighted by atomic mass is 15.3. The van der Waals surface area contributed by atoms with E-state index in [2.05, 4.69) is 200 Å². The van der Waals surface area contributed by atoms with Crippen LogP contribution in [0.25, 0.3) is 0 Å². The molecule has 18 atom stereocenters. The van der Waals surface area contributed by atoms with E-state index in [0.717, 1.165) is 131 Å². The van der Waals surface area contributed by atoms with Crippen molar-refractivity contribution >= 4 is 0 Å². The second-order valence-corrected chi connectivity index (χ2v) is 26.6. The maximum atomic E-state index is 6.08. The van der Waals surface area contributed by atoms with Crippen molar-refractivity contribution in [3.63, 3.8) is 0 Å². The van der Waals surface area contributed by atoms with Crippen molar-refractivity contribution in [2.45, 2.75) is 278 Å². The molecule has 18 heteroatoms. The highest BCUT2D eigenvalue weighted by Gasteiger charge is 2.32. The molecule has 6 aliphatic heterocycles. The molecule has 468 valence electrons. The Morgan fingerprint density at radius 1 is 0.397 bits per heavy atom. The molecule has 0 aromatic carbocycles. The summed E-state index contributed by atoms with van der Waals surface area (Å²) in [6, 6.07) is 9.51. The van der Waals surface area contributed by atoms with Gasteiger partial charge in [0.1, 0.15) is 0 Å². The fourth-order valence-electron chi connectivity index (χ4n) is 12.2. The molecule has 6 saturated heterocycles. The van der Waals surface area contributed by atoms with Crippen molar-refractivity contribution in [2.75, 3.05) is 111 Å². The Balaban J connectivity index is 0.000000468. The van der Waals surface area contributed by atoms with Gasteiger partial charge < -0.3 is 66.3 Å². The average molecular weight is 1110 g/mol. The van der Waals surface area contributed by atoms with E-state index in [1.54, 1.807) is 0 Å². The summed E-state index contributed by atoms with van der Waals surface area (Å²) in [7, 11) is 0. The molecule has 18 N–H and O–H groups in total. The molecule has 0 aromatic heterocycles. The maximum Gasteiger partial charge on any atom is 0.0226 e. The van der Waals surface area contributed by atoms with Gasteiger partial charge in [0.05, 0.1) is 0 Å². The zero-order valence-electron chi connectivity index (χ0n) is 54.9. The van der Waals surface area contributed by atoms with E-state index >= 15 is 0 Å². The Morgan fingerprint density at radius 2 is 0.692 bits per heavy atom.